The predicted octanol–water partition coefficient (Wildman–Crippen LogP) is 4.26. The van der Waals surface area contributed by atoms with Gasteiger partial charge in [0.2, 0.25) is 5.91 Å². The summed E-state index contributed by atoms with van der Waals surface area (Å²) in [7, 11) is 0. The van der Waals surface area contributed by atoms with E-state index in [0.29, 0.717) is 29.2 Å². The number of carbonyl (C=O) groups is 3. The molecule has 0 aliphatic heterocycles. The molecule has 0 atom stereocenters. The average Bonchev–Trinajstić information content (AvgIpc) is 2.77. The Morgan fingerprint density at radius 3 is 2.07 bits per heavy atom. The fourth-order valence-corrected chi connectivity index (χ4v) is 2.67. The largest absolute Gasteiger partial charge is 0.489 e. The molecular formula is C24H21NO5. The molecule has 3 aromatic rings. The number of rotatable bonds is 8. The lowest BCUT2D eigenvalue weighted by atomic mass is 10.1. The first kappa shape index (κ1) is 20.8. The van der Waals surface area contributed by atoms with E-state index < -0.39 is 5.97 Å². The molecule has 0 unspecified atom stereocenters. The molecule has 0 aromatic heterocycles. The van der Waals surface area contributed by atoms with Crippen molar-refractivity contribution in [2.45, 2.75) is 13.5 Å². The zero-order valence-corrected chi connectivity index (χ0v) is 16.5. The van der Waals surface area contributed by atoms with Gasteiger partial charge in [0.05, 0.1) is 5.56 Å². The van der Waals surface area contributed by atoms with E-state index in [1.165, 1.54) is 6.92 Å². The van der Waals surface area contributed by atoms with E-state index in [1.54, 1.807) is 48.5 Å². The molecule has 6 heteroatoms. The number of benzene rings is 3. The maximum atomic E-state index is 12.2. The number of ether oxygens (including phenoxy) is 2. The standard InChI is InChI=1S/C24H21NO5/c1-17(26)25-21-11-7-19(8-12-21)23(27)16-30-24(28)20-9-13-22(14-10-20)29-15-18-5-3-2-4-6-18/h2-14H,15-16H2,1H3,(H,25,26). The third-order valence-corrected chi connectivity index (χ3v) is 4.20. The summed E-state index contributed by atoms with van der Waals surface area (Å²) in [6.45, 7) is 1.46. The van der Waals surface area contributed by atoms with Gasteiger partial charge in [-0.05, 0) is 54.1 Å². The van der Waals surface area contributed by atoms with Gasteiger partial charge >= 0.3 is 5.97 Å². The van der Waals surface area contributed by atoms with Crippen LogP contribution in [0.1, 0.15) is 33.2 Å². The molecule has 0 aliphatic rings. The van der Waals surface area contributed by atoms with Crippen molar-refractivity contribution >= 4 is 23.3 Å². The van der Waals surface area contributed by atoms with Gasteiger partial charge in [0.15, 0.2) is 12.4 Å². The molecule has 1 N–H and O–H groups in total. The molecule has 0 fully saturated rings. The van der Waals surface area contributed by atoms with E-state index in [-0.39, 0.29) is 18.3 Å². The SMILES string of the molecule is CC(=O)Nc1ccc(C(=O)COC(=O)c2ccc(OCc3ccccc3)cc2)cc1. The second-order valence-electron chi connectivity index (χ2n) is 6.56. The Labute approximate surface area is 174 Å². The third kappa shape index (κ3) is 6.04. The van der Waals surface area contributed by atoms with Crippen molar-refractivity contribution in [2.24, 2.45) is 0 Å². The van der Waals surface area contributed by atoms with E-state index >= 15 is 0 Å². The maximum Gasteiger partial charge on any atom is 0.338 e. The lowest BCUT2D eigenvalue weighted by molar-refractivity contribution is -0.114. The van der Waals surface area contributed by atoms with Crippen LogP contribution >= 0.6 is 0 Å². The highest BCUT2D eigenvalue weighted by Gasteiger charge is 2.12. The van der Waals surface area contributed by atoms with Gasteiger partial charge in [0.1, 0.15) is 12.4 Å². The number of hydrogen-bond acceptors (Lipinski definition) is 5. The second kappa shape index (κ2) is 10.0. The second-order valence-corrected chi connectivity index (χ2v) is 6.56. The van der Waals surface area contributed by atoms with Crippen LogP contribution in [0.25, 0.3) is 0 Å². The van der Waals surface area contributed by atoms with Crippen LogP contribution in [0.4, 0.5) is 5.69 Å². The fraction of sp³-hybridized carbons (Fsp3) is 0.125. The van der Waals surface area contributed by atoms with E-state index in [1.807, 2.05) is 30.3 Å². The number of esters is 1. The quantitative estimate of drug-likeness (QED) is 0.449. The highest BCUT2D eigenvalue weighted by atomic mass is 16.5. The van der Waals surface area contributed by atoms with Gasteiger partial charge in [-0.3, -0.25) is 9.59 Å². The summed E-state index contributed by atoms with van der Waals surface area (Å²) in [6.07, 6.45) is 0. The van der Waals surface area contributed by atoms with Crippen LogP contribution in [-0.2, 0) is 16.1 Å². The van der Waals surface area contributed by atoms with Crippen molar-refractivity contribution in [2.75, 3.05) is 11.9 Å². The Hall–Kier alpha value is -3.93. The molecule has 0 bridgehead atoms. The number of anilines is 1. The Kier molecular flexibility index (Phi) is 6.95. The lowest BCUT2D eigenvalue weighted by Crippen LogP contribution is -2.14. The van der Waals surface area contributed by atoms with E-state index in [4.69, 9.17) is 9.47 Å². The fourth-order valence-electron chi connectivity index (χ4n) is 2.67. The van der Waals surface area contributed by atoms with Gasteiger partial charge in [-0.15, -0.1) is 0 Å². The minimum absolute atomic E-state index is 0.195. The zero-order chi connectivity index (χ0) is 21.3. The molecule has 30 heavy (non-hydrogen) atoms. The number of carbonyl (C=O) groups excluding carboxylic acids is 3. The molecular weight excluding hydrogens is 382 g/mol. The molecule has 0 saturated carbocycles. The highest BCUT2D eigenvalue weighted by molar-refractivity contribution is 6.00. The molecule has 3 rings (SSSR count). The Morgan fingerprint density at radius 2 is 1.43 bits per heavy atom. The van der Waals surface area contributed by atoms with Crippen molar-refractivity contribution in [1.29, 1.82) is 0 Å². The summed E-state index contributed by atoms with van der Waals surface area (Å²) in [4.78, 5) is 35.4. The van der Waals surface area contributed by atoms with Gasteiger partial charge in [-0.1, -0.05) is 30.3 Å². The molecule has 6 nitrogen and oxygen atoms in total. The molecule has 3 aromatic carbocycles. The Bertz CT molecular complexity index is 1010. The van der Waals surface area contributed by atoms with Crippen molar-refractivity contribution in [1.82, 2.24) is 0 Å². The van der Waals surface area contributed by atoms with Crippen LogP contribution in [0.15, 0.2) is 78.9 Å². The number of ketones is 1. The maximum absolute atomic E-state index is 12.2. The summed E-state index contributed by atoms with van der Waals surface area (Å²) < 4.78 is 10.8. The van der Waals surface area contributed by atoms with Gasteiger partial charge < -0.3 is 14.8 Å². The van der Waals surface area contributed by atoms with E-state index in [9.17, 15) is 14.4 Å². The summed E-state index contributed by atoms with van der Waals surface area (Å²) >= 11 is 0. The topological polar surface area (TPSA) is 81.7 Å². The van der Waals surface area contributed by atoms with Crippen LogP contribution < -0.4 is 10.1 Å². The molecule has 152 valence electrons. The first-order valence-electron chi connectivity index (χ1n) is 9.36. The van der Waals surface area contributed by atoms with E-state index in [0.717, 1.165) is 5.56 Å². The van der Waals surface area contributed by atoms with Crippen molar-refractivity contribution in [3.63, 3.8) is 0 Å². The molecule has 0 saturated heterocycles. The van der Waals surface area contributed by atoms with Crippen LogP contribution in [0, 0.1) is 0 Å². The molecule has 1 amide bonds. The number of nitrogens with one attached hydrogen (secondary N) is 1. The molecule has 0 radical (unpaired) electrons. The van der Waals surface area contributed by atoms with Gasteiger partial charge in [0, 0.05) is 18.2 Å². The first-order valence-corrected chi connectivity index (χ1v) is 9.36. The molecule has 0 heterocycles. The monoisotopic (exact) mass is 403 g/mol. The minimum atomic E-state index is -0.590. The number of hydrogen-bond donors (Lipinski definition) is 1. The first-order chi connectivity index (χ1) is 14.5. The molecule has 0 spiro atoms. The van der Waals surface area contributed by atoms with Crippen molar-refractivity contribution in [3.8, 4) is 5.75 Å². The lowest BCUT2D eigenvalue weighted by Gasteiger charge is -2.08. The summed E-state index contributed by atoms with van der Waals surface area (Å²) in [5, 5.41) is 2.62. The normalized spacial score (nSPS) is 10.2. The Balaban J connectivity index is 1.49. The number of Topliss-reactive ketones (excluding diaryl/α,β-unsaturated/α-hetero) is 1. The van der Waals surface area contributed by atoms with Gasteiger partial charge in [-0.25, -0.2) is 4.79 Å². The van der Waals surface area contributed by atoms with Crippen molar-refractivity contribution < 1.29 is 23.9 Å². The van der Waals surface area contributed by atoms with Crippen LogP contribution in [0.3, 0.4) is 0 Å². The van der Waals surface area contributed by atoms with Crippen LogP contribution in [-0.4, -0.2) is 24.3 Å². The Morgan fingerprint density at radius 1 is 0.800 bits per heavy atom. The highest BCUT2D eigenvalue weighted by Crippen LogP contribution is 2.15. The smallest absolute Gasteiger partial charge is 0.338 e. The summed E-state index contributed by atoms with van der Waals surface area (Å²) in [6, 6.07) is 22.7. The molecule has 0 aliphatic carbocycles. The zero-order valence-electron chi connectivity index (χ0n) is 16.5. The van der Waals surface area contributed by atoms with Crippen LogP contribution in [0.2, 0.25) is 0 Å². The van der Waals surface area contributed by atoms with E-state index in [2.05, 4.69) is 5.32 Å². The predicted molar refractivity (Wildman–Crippen MR) is 113 cm³/mol. The average molecular weight is 403 g/mol. The summed E-state index contributed by atoms with van der Waals surface area (Å²) in [5.41, 5.74) is 2.35. The third-order valence-electron chi connectivity index (χ3n) is 4.20. The van der Waals surface area contributed by atoms with Gasteiger partial charge in [0.25, 0.3) is 0 Å². The van der Waals surface area contributed by atoms with Crippen LogP contribution in [0.5, 0.6) is 5.75 Å². The summed E-state index contributed by atoms with van der Waals surface area (Å²) in [5.74, 6) is -0.487. The number of amides is 1. The van der Waals surface area contributed by atoms with Gasteiger partial charge in [-0.2, -0.15) is 0 Å². The van der Waals surface area contributed by atoms with Crippen molar-refractivity contribution in [3.05, 3.63) is 95.6 Å². The minimum Gasteiger partial charge on any atom is -0.489 e.